The summed E-state index contributed by atoms with van der Waals surface area (Å²) in [6.07, 6.45) is 3.07. The number of oxazole rings is 1. The number of benzene rings is 1. The van der Waals surface area contributed by atoms with Gasteiger partial charge in [0.25, 0.3) is 0 Å². The third-order valence-corrected chi connectivity index (χ3v) is 8.10. The van der Waals surface area contributed by atoms with Gasteiger partial charge >= 0.3 is 5.76 Å². The molecule has 2 aliphatic heterocycles. The van der Waals surface area contributed by atoms with Crippen molar-refractivity contribution >= 4 is 21.1 Å². The Bertz CT molecular complexity index is 986. The second kappa shape index (κ2) is 5.43. The summed E-state index contributed by atoms with van der Waals surface area (Å²) in [5, 5.41) is 9.90. The first-order chi connectivity index (χ1) is 11.8. The van der Waals surface area contributed by atoms with Crippen molar-refractivity contribution in [3.8, 4) is 0 Å². The van der Waals surface area contributed by atoms with Crippen LogP contribution in [0.15, 0.2) is 32.3 Å². The van der Waals surface area contributed by atoms with E-state index in [1.807, 2.05) is 6.92 Å². The van der Waals surface area contributed by atoms with Gasteiger partial charge in [0.15, 0.2) is 5.58 Å². The van der Waals surface area contributed by atoms with Crippen LogP contribution in [-0.2, 0) is 17.1 Å². The molecule has 0 spiro atoms. The Balaban J connectivity index is 1.80. The number of nitrogens with zero attached hydrogens (tertiary/aromatic N) is 2. The summed E-state index contributed by atoms with van der Waals surface area (Å²) in [5.41, 5.74) is 0.485. The van der Waals surface area contributed by atoms with Crippen LogP contribution in [0.1, 0.15) is 32.6 Å². The smallest absolute Gasteiger partial charge is 0.408 e. The van der Waals surface area contributed by atoms with Gasteiger partial charge in [0.05, 0.1) is 17.0 Å². The Labute approximate surface area is 145 Å². The van der Waals surface area contributed by atoms with Gasteiger partial charge in [-0.25, -0.2) is 13.2 Å². The van der Waals surface area contributed by atoms with Crippen molar-refractivity contribution in [1.29, 1.82) is 0 Å². The van der Waals surface area contributed by atoms with E-state index in [1.165, 1.54) is 22.8 Å². The number of hydrogen-bond donors (Lipinski definition) is 1. The topological polar surface area (TPSA) is 92.8 Å². The zero-order chi connectivity index (χ0) is 18.0. The highest BCUT2D eigenvalue weighted by Crippen LogP contribution is 2.53. The Morgan fingerprint density at radius 1 is 1.36 bits per heavy atom. The van der Waals surface area contributed by atoms with Gasteiger partial charge in [0.1, 0.15) is 0 Å². The number of aliphatic hydroxyl groups excluding tert-OH is 1. The van der Waals surface area contributed by atoms with Gasteiger partial charge in [0.2, 0.25) is 10.0 Å². The SMILES string of the molecule is CC[C@@]1(CO)C[C@@H]2CC[C@H]1N2S(=O)(=O)c1ccc2oc(=O)n(C)c2c1. The van der Waals surface area contributed by atoms with Crippen molar-refractivity contribution in [1.82, 2.24) is 8.87 Å². The van der Waals surface area contributed by atoms with Crippen molar-refractivity contribution in [2.45, 2.75) is 49.6 Å². The predicted octanol–water partition coefficient (Wildman–Crippen LogP) is 1.45. The van der Waals surface area contributed by atoms with E-state index in [2.05, 4.69) is 0 Å². The quantitative estimate of drug-likeness (QED) is 0.884. The maximum absolute atomic E-state index is 13.3. The fourth-order valence-corrected chi connectivity index (χ4v) is 6.63. The number of fused-ring (bicyclic) bond motifs is 3. The molecule has 2 fully saturated rings. The molecule has 3 heterocycles. The van der Waals surface area contributed by atoms with E-state index in [-0.39, 0.29) is 29.0 Å². The normalized spacial score (nSPS) is 29.7. The Morgan fingerprint density at radius 3 is 2.76 bits per heavy atom. The van der Waals surface area contributed by atoms with E-state index < -0.39 is 15.8 Å². The minimum absolute atomic E-state index is 0.00591. The molecular weight excluding hydrogens is 344 g/mol. The molecule has 1 aromatic carbocycles. The molecule has 0 saturated carbocycles. The summed E-state index contributed by atoms with van der Waals surface area (Å²) in [7, 11) is -2.15. The monoisotopic (exact) mass is 366 g/mol. The number of aliphatic hydroxyl groups is 1. The average Bonchev–Trinajstić information content (AvgIpc) is 3.25. The minimum atomic E-state index is -3.70. The molecule has 0 aliphatic carbocycles. The second-order valence-electron chi connectivity index (χ2n) is 7.22. The standard InChI is InChI=1S/C17H22N2O5S/c1-3-17(10-20)9-11-4-7-15(17)19(11)25(22,23)12-5-6-14-13(8-12)18(2)16(21)24-14/h5-6,8,11,15,20H,3-4,7,9-10H2,1-2H3/t11-,15+,17-/m0/s1. The van der Waals surface area contributed by atoms with Crippen LogP contribution in [0, 0.1) is 5.41 Å². The van der Waals surface area contributed by atoms with Crippen molar-refractivity contribution in [3.05, 3.63) is 28.7 Å². The van der Waals surface area contributed by atoms with Gasteiger partial charge in [-0.15, -0.1) is 0 Å². The average molecular weight is 366 g/mol. The van der Waals surface area contributed by atoms with E-state index in [0.717, 1.165) is 19.3 Å². The fraction of sp³-hybridized carbons (Fsp3) is 0.588. The van der Waals surface area contributed by atoms with Crippen LogP contribution in [0.2, 0.25) is 0 Å². The Hall–Kier alpha value is -1.64. The highest BCUT2D eigenvalue weighted by Gasteiger charge is 2.58. The number of rotatable bonds is 4. The first-order valence-electron chi connectivity index (χ1n) is 8.58. The van der Waals surface area contributed by atoms with E-state index in [9.17, 15) is 18.3 Å². The highest BCUT2D eigenvalue weighted by molar-refractivity contribution is 7.89. The lowest BCUT2D eigenvalue weighted by Gasteiger charge is -2.34. The maximum atomic E-state index is 13.3. The molecule has 136 valence electrons. The van der Waals surface area contributed by atoms with Crippen molar-refractivity contribution in [3.63, 3.8) is 0 Å². The summed E-state index contributed by atoms with van der Waals surface area (Å²) in [6.45, 7) is 2.01. The molecule has 0 radical (unpaired) electrons. The summed E-state index contributed by atoms with van der Waals surface area (Å²) < 4.78 is 34.6. The van der Waals surface area contributed by atoms with Crippen LogP contribution in [-0.4, -0.2) is 41.1 Å². The van der Waals surface area contributed by atoms with Crippen molar-refractivity contribution < 1.29 is 17.9 Å². The lowest BCUT2D eigenvalue weighted by molar-refractivity contribution is 0.0849. The molecule has 25 heavy (non-hydrogen) atoms. The molecular formula is C17H22N2O5S. The molecule has 4 rings (SSSR count). The molecule has 2 aromatic rings. The van der Waals surface area contributed by atoms with Gasteiger partial charge < -0.3 is 9.52 Å². The van der Waals surface area contributed by atoms with Gasteiger partial charge in [-0.3, -0.25) is 4.57 Å². The van der Waals surface area contributed by atoms with E-state index >= 15 is 0 Å². The van der Waals surface area contributed by atoms with Crippen molar-refractivity contribution in [2.24, 2.45) is 12.5 Å². The van der Waals surface area contributed by atoms with Crippen molar-refractivity contribution in [2.75, 3.05) is 6.61 Å². The van der Waals surface area contributed by atoms with Gasteiger partial charge in [-0.2, -0.15) is 4.31 Å². The molecule has 2 aliphatic rings. The summed E-state index contributed by atoms with van der Waals surface area (Å²) in [4.78, 5) is 11.8. The van der Waals surface area contributed by atoms with E-state index in [0.29, 0.717) is 17.5 Å². The van der Waals surface area contributed by atoms with Crippen LogP contribution >= 0.6 is 0 Å². The summed E-state index contributed by atoms with van der Waals surface area (Å²) in [5.74, 6) is -0.518. The number of sulfonamides is 1. The Kier molecular flexibility index (Phi) is 3.65. The number of hydrogen-bond acceptors (Lipinski definition) is 5. The third-order valence-electron chi connectivity index (χ3n) is 6.15. The molecule has 0 unspecified atom stereocenters. The van der Waals surface area contributed by atoms with Gasteiger partial charge in [-0.1, -0.05) is 6.92 Å². The lowest BCUT2D eigenvalue weighted by atomic mass is 9.72. The largest absolute Gasteiger partial charge is 0.419 e. The van der Waals surface area contributed by atoms with Gasteiger partial charge in [0, 0.05) is 24.5 Å². The van der Waals surface area contributed by atoms with Crippen LogP contribution in [0.4, 0.5) is 0 Å². The van der Waals surface area contributed by atoms with Crippen LogP contribution < -0.4 is 5.76 Å². The van der Waals surface area contributed by atoms with E-state index in [4.69, 9.17) is 4.42 Å². The molecule has 2 saturated heterocycles. The zero-order valence-corrected chi connectivity index (χ0v) is 15.1. The second-order valence-corrected chi connectivity index (χ2v) is 9.06. The van der Waals surface area contributed by atoms with Gasteiger partial charge in [-0.05, 0) is 43.9 Å². The number of aromatic nitrogens is 1. The Morgan fingerprint density at radius 2 is 2.12 bits per heavy atom. The van der Waals surface area contributed by atoms with Crippen LogP contribution in [0.3, 0.4) is 0 Å². The lowest BCUT2D eigenvalue weighted by Crippen LogP contribution is -2.42. The van der Waals surface area contributed by atoms with E-state index in [1.54, 1.807) is 11.4 Å². The minimum Gasteiger partial charge on any atom is -0.408 e. The molecule has 1 N–H and O–H groups in total. The molecule has 0 amide bonds. The zero-order valence-electron chi connectivity index (χ0n) is 14.3. The summed E-state index contributed by atoms with van der Waals surface area (Å²) >= 11 is 0. The molecule has 3 atom stereocenters. The molecule has 1 aromatic heterocycles. The fourth-order valence-electron chi connectivity index (χ4n) is 4.65. The predicted molar refractivity (Wildman–Crippen MR) is 91.7 cm³/mol. The third kappa shape index (κ3) is 2.17. The first kappa shape index (κ1) is 16.8. The number of aryl methyl sites for hydroxylation is 1. The first-order valence-corrected chi connectivity index (χ1v) is 10.0. The molecule has 8 heteroatoms. The highest BCUT2D eigenvalue weighted by atomic mass is 32.2. The van der Waals surface area contributed by atoms with Crippen LogP contribution in [0.5, 0.6) is 0 Å². The van der Waals surface area contributed by atoms with Crippen LogP contribution in [0.25, 0.3) is 11.1 Å². The molecule has 7 nitrogen and oxygen atoms in total. The summed E-state index contributed by atoms with van der Waals surface area (Å²) in [6, 6.07) is 4.29. The molecule has 2 bridgehead atoms. The maximum Gasteiger partial charge on any atom is 0.419 e.